The molecule has 0 aliphatic heterocycles. The summed E-state index contributed by atoms with van der Waals surface area (Å²) < 4.78 is 0. The van der Waals surface area contributed by atoms with Crippen LogP contribution in [0.3, 0.4) is 0 Å². The fourth-order valence-corrected chi connectivity index (χ4v) is 5.02. The standard InChI is InChI=1S/C21H33N3O.2ClH/c1-3-24(4-2)20(15-9-6-5-7-10-15)21(25)23-19-16-11-8-12-17(19)14-18(22)13-16;;/h5-7,9-10,16-20H,3-4,8,11-14,22H2,1-2H3,(H,23,25);2*1H. The molecule has 3 atom stereocenters. The molecule has 6 heteroatoms. The Hall–Kier alpha value is -0.810. The molecule has 0 radical (unpaired) electrons. The van der Waals surface area contributed by atoms with Gasteiger partial charge in [0.2, 0.25) is 5.91 Å². The number of amides is 1. The van der Waals surface area contributed by atoms with E-state index in [1.807, 2.05) is 18.2 Å². The Morgan fingerprint density at radius 1 is 1.11 bits per heavy atom. The van der Waals surface area contributed by atoms with Crippen molar-refractivity contribution in [3.05, 3.63) is 35.9 Å². The predicted molar refractivity (Wildman–Crippen MR) is 117 cm³/mol. The maximum absolute atomic E-state index is 13.3. The van der Waals surface area contributed by atoms with E-state index in [0.29, 0.717) is 23.9 Å². The highest BCUT2D eigenvalue weighted by Crippen LogP contribution is 2.40. The van der Waals surface area contributed by atoms with Gasteiger partial charge in [-0.15, -0.1) is 24.8 Å². The second-order valence-electron chi connectivity index (χ2n) is 7.75. The second kappa shape index (κ2) is 11.3. The molecule has 2 fully saturated rings. The molecule has 3 unspecified atom stereocenters. The summed E-state index contributed by atoms with van der Waals surface area (Å²) in [5.41, 5.74) is 7.32. The van der Waals surface area contributed by atoms with Crippen molar-refractivity contribution in [2.24, 2.45) is 17.6 Å². The Morgan fingerprint density at radius 2 is 1.67 bits per heavy atom. The Bertz CT molecular complexity index is 554. The summed E-state index contributed by atoms with van der Waals surface area (Å²) in [6.45, 7) is 5.99. The van der Waals surface area contributed by atoms with Crippen molar-refractivity contribution in [2.75, 3.05) is 13.1 Å². The average Bonchev–Trinajstić information content (AvgIpc) is 2.61. The largest absolute Gasteiger partial charge is 0.351 e. The highest BCUT2D eigenvalue weighted by molar-refractivity contribution is 5.85. The predicted octanol–water partition coefficient (Wildman–Crippen LogP) is 3.94. The lowest BCUT2D eigenvalue weighted by atomic mass is 9.67. The van der Waals surface area contributed by atoms with Gasteiger partial charge in [0.1, 0.15) is 6.04 Å². The minimum Gasteiger partial charge on any atom is -0.351 e. The fraction of sp³-hybridized carbons (Fsp3) is 0.667. The third-order valence-corrected chi connectivity index (χ3v) is 6.23. The minimum atomic E-state index is -0.201. The first-order valence-electron chi connectivity index (χ1n) is 9.99. The lowest BCUT2D eigenvalue weighted by Gasteiger charge is -2.46. The van der Waals surface area contributed by atoms with Crippen molar-refractivity contribution >= 4 is 30.7 Å². The number of rotatable bonds is 6. The van der Waals surface area contributed by atoms with Crippen molar-refractivity contribution in [3.8, 4) is 0 Å². The van der Waals surface area contributed by atoms with Crippen molar-refractivity contribution in [2.45, 2.75) is 64.1 Å². The Labute approximate surface area is 176 Å². The van der Waals surface area contributed by atoms with E-state index in [-0.39, 0.29) is 36.8 Å². The monoisotopic (exact) mass is 415 g/mol. The molecule has 154 valence electrons. The number of halogens is 2. The first-order valence-corrected chi connectivity index (χ1v) is 9.99. The van der Waals surface area contributed by atoms with Gasteiger partial charge in [-0.2, -0.15) is 0 Å². The molecule has 2 aliphatic carbocycles. The molecule has 1 aromatic rings. The number of nitrogens with zero attached hydrogens (tertiary/aromatic N) is 1. The zero-order valence-electron chi connectivity index (χ0n) is 16.5. The van der Waals surface area contributed by atoms with Crippen LogP contribution in [0.1, 0.15) is 57.6 Å². The summed E-state index contributed by atoms with van der Waals surface area (Å²) in [6.07, 6.45) is 5.81. The highest BCUT2D eigenvalue weighted by Gasteiger charge is 2.41. The molecule has 1 aromatic carbocycles. The maximum Gasteiger partial charge on any atom is 0.242 e. The van der Waals surface area contributed by atoms with Crippen molar-refractivity contribution < 1.29 is 4.79 Å². The van der Waals surface area contributed by atoms with E-state index >= 15 is 0 Å². The quantitative estimate of drug-likeness (QED) is 0.739. The number of likely N-dealkylation sites (N-methyl/N-ethyl adjacent to an activating group) is 1. The Balaban J connectivity index is 0.00000182. The van der Waals surface area contributed by atoms with Gasteiger partial charge in [-0.25, -0.2) is 0 Å². The molecule has 0 aromatic heterocycles. The minimum absolute atomic E-state index is 0. The lowest BCUT2D eigenvalue weighted by Crippen LogP contribution is -2.55. The summed E-state index contributed by atoms with van der Waals surface area (Å²) in [6, 6.07) is 10.6. The molecule has 1 amide bonds. The number of carbonyl (C=O) groups is 1. The molecule has 0 heterocycles. The van der Waals surface area contributed by atoms with Crippen molar-refractivity contribution in [1.82, 2.24) is 10.2 Å². The van der Waals surface area contributed by atoms with E-state index in [0.717, 1.165) is 31.5 Å². The molecule has 27 heavy (non-hydrogen) atoms. The van der Waals surface area contributed by atoms with Crippen LogP contribution in [0.15, 0.2) is 30.3 Å². The molecule has 0 saturated heterocycles. The number of hydrogen-bond donors (Lipinski definition) is 2. The van der Waals surface area contributed by atoms with E-state index < -0.39 is 0 Å². The van der Waals surface area contributed by atoms with Crippen molar-refractivity contribution in [1.29, 1.82) is 0 Å². The number of nitrogens with one attached hydrogen (secondary N) is 1. The van der Waals surface area contributed by atoms with Crippen LogP contribution in [-0.2, 0) is 4.79 Å². The third-order valence-electron chi connectivity index (χ3n) is 6.23. The number of fused-ring (bicyclic) bond motifs is 2. The van der Waals surface area contributed by atoms with E-state index in [2.05, 4.69) is 36.2 Å². The van der Waals surface area contributed by atoms with E-state index in [4.69, 9.17) is 5.73 Å². The molecule has 3 N–H and O–H groups in total. The van der Waals surface area contributed by atoms with E-state index in [9.17, 15) is 4.79 Å². The number of carbonyl (C=O) groups excluding carboxylic acids is 1. The summed E-state index contributed by atoms with van der Waals surface area (Å²) in [5, 5.41) is 3.45. The molecular formula is C21H35Cl2N3O. The van der Waals surface area contributed by atoms with Gasteiger partial charge in [-0.05, 0) is 56.2 Å². The van der Waals surface area contributed by atoms with Gasteiger partial charge >= 0.3 is 0 Å². The smallest absolute Gasteiger partial charge is 0.242 e. The number of benzene rings is 1. The number of nitrogens with two attached hydrogens (primary N) is 1. The zero-order chi connectivity index (χ0) is 17.8. The summed E-state index contributed by atoms with van der Waals surface area (Å²) in [4.78, 5) is 15.5. The van der Waals surface area contributed by atoms with Crippen LogP contribution in [0.2, 0.25) is 0 Å². The van der Waals surface area contributed by atoms with Crippen LogP contribution in [0.4, 0.5) is 0 Å². The zero-order valence-corrected chi connectivity index (χ0v) is 18.1. The van der Waals surface area contributed by atoms with E-state index in [1.165, 1.54) is 19.3 Å². The molecule has 4 nitrogen and oxygen atoms in total. The first-order chi connectivity index (χ1) is 12.1. The van der Waals surface area contributed by atoms with Crippen LogP contribution in [0, 0.1) is 11.8 Å². The lowest BCUT2D eigenvalue weighted by molar-refractivity contribution is -0.129. The number of hydrogen-bond acceptors (Lipinski definition) is 3. The van der Waals surface area contributed by atoms with Crippen molar-refractivity contribution in [3.63, 3.8) is 0 Å². The van der Waals surface area contributed by atoms with Crippen LogP contribution in [-0.4, -0.2) is 36.0 Å². The Morgan fingerprint density at radius 3 is 2.19 bits per heavy atom. The summed E-state index contributed by atoms with van der Waals surface area (Å²) in [5.74, 6) is 1.27. The van der Waals surface area contributed by atoms with Gasteiger partial charge in [0, 0.05) is 12.1 Å². The van der Waals surface area contributed by atoms with Gasteiger partial charge in [0.25, 0.3) is 0 Å². The molecule has 0 spiro atoms. The van der Waals surface area contributed by atoms with Gasteiger partial charge in [0.15, 0.2) is 0 Å². The topological polar surface area (TPSA) is 58.4 Å². The average molecular weight is 416 g/mol. The van der Waals surface area contributed by atoms with Crippen LogP contribution in [0.5, 0.6) is 0 Å². The van der Waals surface area contributed by atoms with Crippen LogP contribution in [0.25, 0.3) is 0 Å². The molecular weight excluding hydrogens is 381 g/mol. The third kappa shape index (κ3) is 5.60. The molecule has 2 aliphatic rings. The van der Waals surface area contributed by atoms with Gasteiger partial charge in [0.05, 0.1) is 0 Å². The summed E-state index contributed by atoms with van der Waals surface area (Å²) >= 11 is 0. The normalized spacial score (nSPS) is 27.9. The van der Waals surface area contributed by atoms with Crippen LogP contribution >= 0.6 is 24.8 Å². The SMILES string of the molecule is CCN(CC)C(C(=O)NC1C2CCCC1CC(N)C2)c1ccccc1.Cl.Cl. The fourth-order valence-electron chi connectivity index (χ4n) is 5.02. The molecule has 2 bridgehead atoms. The van der Waals surface area contributed by atoms with Gasteiger partial charge < -0.3 is 11.1 Å². The highest BCUT2D eigenvalue weighted by atomic mass is 35.5. The second-order valence-corrected chi connectivity index (χ2v) is 7.75. The Kier molecular flexibility index (Phi) is 10.1. The molecule has 3 rings (SSSR count). The summed E-state index contributed by atoms with van der Waals surface area (Å²) in [7, 11) is 0. The first kappa shape index (κ1) is 24.2. The maximum atomic E-state index is 13.3. The van der Waals surface area contributed by atoms with E-state index in [1.54, 1.807) is 0 Å². The van der Waals surface area contributed by atoms with Gasteiger partial charge in [-0.1, -0.05) is 50.6 Å². The van der Waals surface area contributed by atoms with Crippen LogP contribution < -0.4 is 11.1 Å². The van der Waals surface area contributed by atoms with Gasteiger partial charge in [-0.3, -0.25) is 9.69 Å². The molecule has 2 saturated carbocycles.